The van der Waals surface area contributed by atoms with Crippen LogP contribution in [0.25, 0.3) is 0 Å². The van der Waals surface area contributed by atoms with Crippen LogP contribution in [0.2, 0.25) is 0 Å². The van der Waals surface area contributed by atoms with E-state index in [1.807, 2.05) is 6.92 Å². The van der Waals surface area contributed by atoms with E-state index in [0.717, 1.165) is 0 Å². The van der Waals surface area contributed by atoms with E-state index >= 15 is 0 Å². The lowest BCUT2D eigenvalue weighted by atomic mass is 9.86. The SMILES string of the molecule is CC(C1CO1)C(CCCC(N)=O)C(N)=O. The molecular formula is C10H18N2O3. The second-order valence-electron chi connectivity index (χ2n) is 4.10. The van der Waals surface area contributed by atoms with Gasteiger partial charge in [-0.15, -0.1) is 0 Å². The normalized spacial score (nSPS) is 23.1. The number of epoxide rings is 1. The Morgan fingerprint density at radius 2 is 2.07 bits per heavy atom. The van der Waals surface area contributed by atoms with Gasteiger partial charge in [-0.25, -0.2) is 0 Å². The van der Waals surface area contributed by atoms with Gasteiger partial charge in [0.2, 0.25) is 11.8 Å². The highest BCUT2D eigenvalue weighted by Gasteiger charge is 2.36. The molecule has 5 nitrogen and oxygen atoms in total. The molecule has 3 unspecified atom stereocenters. The van der Waals surface area contributed by atoms with Crippen LogP contribution in [0.5, 0.6) is 0 Å². The standard InChI is InChI=1S/C10H18N2O3/c1-6(8-5-15-8)7(10(12)14)3-2-4-9(11)13/h6-8H,2-5H2,1H3,(H2,11,13)(H2,12,14). The zero-order valence-electron chi connectivity index (χ0n) is 8.94. The van der Waals surface area contributed by atoms with Gasteiger partial charge >= 0.3 is 0 Å². The van der Waals surface area contributed by atoms with Gasteiger partial charge < -0.3 is 16.2 Å². The molecule has 0 saturated carbocycles. The largest absolute Gasteiger partial charge is 0.373 e. The zero-order valence-corrected chi connectivity index (χ0v) is 8.94. The molecular weight excluding hydrogens is 196 g/mol. The van der Waals surface area contributed by atoms with E-state index in [2.05, 4.69) is 0 Å². The molecule has 0 bridgehead atoms. The van der Waals surface area contributed by atoms with Crippen molar-refractivity contribution < 1.29 is 14.3 Å². The van der Waals surface area contributed by atoms with Gasteiger partial charge in [0.05, 0.1) is 12.7 Å². The Bertz CT molecular complexity index is 251. The smallest absolute Gasteiger partial charge is 0.220 e. The van der Waals surface area contributed by atoms with Gasteiger partial charge in [-0.1, -0.05) is 6.92 Å². The van der Waals surface area contributed by atoms with Crippen LogP contribution >= 0.6 is 0 Å². The molecule has 0 radical (unpaired) electrons. The minimum Gasteiger partial charge on any atom is -0.373 e. The fraction of sp³-hybridized carbons (Fsp3) is 0.800. The first-order chi connectivity index (χ1) is 7.02. The molecule has 1 saturated heterocycles. The van der Waals surface area contributed by atoms with Crippen molar-refractivity contribution in [3.63, 3.8) is 0 Å². The minimum atomic E-state index is -0.339. The summed E-state index contributed by atoms with van der Waals surface area (Å²) in [6, 6.07) is 0. The number of primary amides is 2. The van der Waals surface area contributed by atoms with Crippen LogP contribution in [0.4, 0.5) is 0 Å². The zero-order chi connectivity index (χ0) is 11.4. The molecule has 3 atom stereocenters. The number of hydrogen-bond acceptors (Lipinski definition) is 3. The molecule has 1 aliphatic rings. The lowest BCUT2D eigenvalue weighted by molar-refractivity contribution is -0.124. The molecule has 1 rings (SSSR count). The molecule has 1 heterocycles. The third-order valence-electron chi connectivity index (χ3n) is 2.88. The molecule has 0 aromatic rings. The molecule has 0 aromatic heterocycles. The number of amides is 2. The van der Waals surface area contributed by atoms with Crippen LogP contribution < -0.4 is 11.5 Å². The van der Waals surface area contributed by atoms with Crippen molar-refractivity contribution in [1.82, 2.24) is 0 Å². The quantitative estimate of drug-likeness (QED) is 0.573. The highest BCUT2D eigenvalue weighted by molar-refractivity contribution is 5.77. The molecule has 0 spiro atoms. The van der Waals surface area contributed by atoms with Crippen LogP contribution in [0.1, 0.15) is 26.2 Å². The average molecular weight is 214 g/mol. The molecule has 1 fully saturated rings. The van der Waals surface area contributed by atoms with Crippen molar-refractivity contribution in [3.05, 3.63) is 0 Å². The molecule has 0 aliphatic carbocycles. The van der Waals surface area contributed by atoms with E-state index in [-0.39, 0.29) is 29.8 Å². The van der Waals surface area contributed by atoms with Crippen molar-refractivity contribution in [2.24, 2.45) is 23.3 Å². The van der Waals surface area contributed by atoms with E-state index < -0.39 is 0 Å². The topological polar surface area (TPSA) is 98.7 Å². The summed E-state index contributed by atoms with van der Waals surface area (Å²) in [5.41, 5.74) is 10.3. The maximum atomic E-state index is 11.2. The Labute approximate surface area is 89.1 Å². The van der Waals surface area contributed by atoms with Crippen LogP contribution in [-0.2, 0) is 14.3 Å². The highest BCUT2D eigenvalue weighted by atomic mass is 16.6. The van der Waals surface area contributed by atoms with Crippen LogP contribution in [-0.4, -0.2) is 24.5 Å². The van der Waals surface area contributed by atoms with Gasteiger partial charge in [0, 0.05) is 12.3 Å². The summed E-state index contributed by atoms with van der Waals surface area (Å²) < 4.78 is 5.13. The van der Waals surface area contributed by atoms with Crippen molar-refractivity contribution >= 4 is 11.8 Å². The van der Waals surface area contributed by atoms with Crippen molar-refractivity contribution in [2.75, 3.05) is 6.61 Å². The Balaban J connectivity index is 2.36. The van der Waals surface area contributed by atoms with Gasteiger partial charge in [-0.3, -0.25) is 9.59 Å². The number of carbonyl (C=O) groups is 2. The molecule has 2 amide bonds. The monoisotopic (exact) mass is 214 g/mol. The molecule has 0 aromatic carbocycles. The summed E-state index contributed by atoms with van der Waals surface area (Å²) in [5.74, 6) is -0.733. The number of carbonyl (C=O) groups excluding carboxylic acids is 2. The van der Waals surface area contributed by atoms with Crippen LogP contribution in [0.15, 0.2) is 0 Å². The van der Waals surface area contributed by atoms with E-state index in [1.54, 1.807) is 0 Å². The second kappa shape index (κ2) is 5.11. The minimum absolute atomic E-state index is 0.135. The van der Waals surface area contributed by atoms with Gasteiger partial charge in [-0.2, -0.15) is 0 Å². The first-order valence-electron chi connectivity index (χ1n) is 5.21. The number of nitrogens with two attached hydrogens (primary N) is 2. The van der Waals surface area contributed by atoms with Crippen LogP contribution in [0, 0.1) is 11.8 Å². The van der Waals surface area contributed by atoms with E-state index in [0.29, 0.717) is 25.9 Å². The molecule has 1 aliphatic heterocycles. The first-order valence-corrected chi connectivity index (χ1v) is 5.21. The molecule has 86 valence electrons. The van der Waals surface area contributed by atoms with Crippen molar-refractivity contribution in [1.29, 1.82) is 0 Å². The van der Waals surface area contributed by atoms with Crippen molar-refractivity contribution in [3.8, 4) is 0 Å². The molecule has 15 heavy (non-hydrogen) atoms. The highest BCUT2D eigenvalue weighted by Crippen LogP contribution is 2.29. The second-order valence-corrected chi connectivity index (χ2v) is 4.10. The predicted molar refractivity (Wildman–Crippen MR) is 54.6 cm³/mol. The van der Waals surface area contributed by atoms with Crippen LogP contribution in [0.3, 0.4) is 0 Å². The first kappa shape index (κ1) is 12.0. The average Bonchev–Trinajstić information content (AvgIpc) is 2.93. The van der Waals surface area contributed by atoms with Gasteiger partial charge in [0.25, 0.3) is 0 Å². The van der Waals surface area contributed by atoms with Gasteiger partial charge in [0.15, 0.2) is 0 Å². The van der Waals surface area contributed by atoms with E-state index in [9.17, 15) is 9.59 Å². The summed E-state index contributed by atoms with van der Waals surface area (Å²) in [5, 5.41) is 0. The molecule has 5 heteroatoms. The number of rotatable bonds is 7. The van der Waals surface area contributed by atoms with E-state index in [4.69, 9.17) is 16.2 Å². The fourth-order valence-electron chi connectivity index (χ4n) is 1.78. The lowest BCUT2D eigenvalue weighted by Crippen LogP contribution is -2.31. The Kier molecular flexibility index (Phi) is 4.08. The summed E-state index contributed by atoms with van der Waals surface area (Å²) in [6.45, 7) is 2.66. The summed E-state index contributed by atoms with van der Waals surface area (Å²) in [4.78, 5) is 21.7. The Morgan fingerprint density at radius 3 is 2.47 bits per heavy atom. The van der Waals surface area contributed by atoms with E-state index in [1.165, 1.54) is 0 Å². The van der Waals surface area contributed by atoms with Crippen molar-refractivity contribution in [2.45, 2.75) is 32.3 Å². The summed E-state index contributed by atoms with van der Waals surface area (Å²) in [7, 11) is 0. The predicted octanol–water partition coefficient (Wildman–Crippen LogP) is -0.222. The fourth-order valence-corrected chi connectivity index (χ4v) is 1.78. The molecule has 4 N–H and O–H groups in total. The number of hydrogen-bond donors (Lipinski definition) is 2. The number of ether oxygens (including phenoxy) is 1. The third kappa shape index (κ3) is 3.87. The Hall–Kier alpha value is -1.10. The third-order valence-corrected chi connectivity index (χ3v) is 2.88. The lowest BCUT2D eigenvalue weighted by Gasteiger charge is -2.18. The van der Waals surface area contributed by atoms with Gasteiger partial charge in [0.1, 0.15) is 0 Å². The maximum absolute atomic E-state index is 11.2. The summed E-state index contributed by atoms with van der Waals surface area (Å²) in [6.07, 6.45) is 1.69. The Morgan fingerprint density at radius 1 is 1.47 bits per heavy atom. The maximum Gasteiger partial charge on any atom is 0.220 e. The van der Waals surface area contributed by atoms with Gasteiger partial charge in [-0.05, 0) is 18.8 Å². The summed E-state index contributed by atoms with van der Waals surface area (Å²) >= 11 is 0.